The van der Waals surface area contributed by atoms with Gasteiger partial charge in [-0.05, 0) is 182 Å². The summed E-state index contributed by atoms with van der Waals surface area (Å²) in [6.45, 7) is 48.1. The molecular weight excluding hydrogens is 1470 g/mol. The molecule has 0 bridgehead atoms. The second-order valence-corrected chi connectivity index (χ2v) is 19.8. The minimum absolute atomic E-state index is 0.178. The Morgan fingerprint density at radius 3 is 1.16 bits per heavy atom. The fourth-order valence-corrected chi connectivity index (χ4v) is 8.60. The summed E-state index contributed by atoms with van der Waals surface area (Å²) in [7, 11) is 5.11. The number of methoxy groups -OCH3 is 2. The topological polar surface area (TPSA) is 211 Å². The van der Waals surface area contributed by atoms with Crippen molar-refractivity contribution >= 4 is 63.4 Å². The van der Waals surface area contributed by atoms with Gasteiger partial charge in [0.15, 0.2) is 0 Å². The predicted octanol–water partition coefficient (Wildman–Crippen LogP) is 24.6. The van der Waals surface area contributed by atoms with Crippen LogP contribution in [0.25, 0.3) is 56.1 Å². The predicted molar refractivity (Wildman–Crippen MR) is 476 cm³/mol. The normalized spacial score (nSPS) is 8.63. The van der Waals surface area contributed by atoms with Crippen molar-refractivity contribution in [2.45, 2.75) is 166 Å². The quantitative estimate of drug-likeness (QED) is 0.0500. The number of aryl methyl sites for hydroxylation is 2. The summed E-state index contributed by atoms with van der Waals surface area (Å²) in [5.41, 5.74) is 14.1. The first-order valence-electron chi connectivity index (χ1n) is 37.9. The molecule has 9 aromatic heterocycles. The third-order valence-electron chi connectivity index (χ3n) is 12.3. The van der Waals surface area contributed by atoms with E-state index in [9.17, 15) is 0 Å². The number of terminal acetylenes is 1. The summed E-state index contributed by atoms with van der Waals surface area (Å²) in [5.74, 6) is 15.9. The van der Waals surface area contributed by atoms with Gasteiger partial charge in [0.2, 0.25) is 28.0 Å². The third-order valence-corrected chi connectivity index (χ3v) is 13.0. The number of nitrogen functional groups attached to an aromatic ring is 1. The van der Waals surface area contributed by atoms with Crippen LogP contribution in [0.3, 0.4) is 0 Å². The van der Waals surface area contributed by atoms with Gasteiger partial charge < -0.3 is 14.8 Å². The first-order chi connectivity index (χ1) is 54.3. The summed E-state index contributed by atoms with van der Waals surface area (Å²) in [6.07, 6.45) is 18.8. The zero-order chi connectivity index (χ0) is 84.9. The number of hydrogen-bond acceptors (Lipinski definition) is 15. The Hall–Kier alpha value is -10.9. The first-order valence-corrected chi connectivity index (χ1v) is 39.4. The zero-order valence-electron chi connectivity index (χ0n) is 70.5. The van der Waals surface area contributed by atoms with Gasteiger partial charge in [-0.15, -0.1) is 6.42 Å². The summed E-state index contributed by atoms with van der Waals surface area (Å²) in [5, 5.41) is 17.1. The molecule has 0 amide bonds. The highest BCUT2D eigenvalue weighted by atomic mass is 35.5. The maximum Gasteiger partial charge on any atom is 0.230 e. The van der Waals surface area contributed by atoms with E-state index in [0.29, 0.717) is 16.8 Å². The van der Waals surface area contributed by atoms with Gasteiger partial charge in [0.05, 0.1) is 54.0 Å². The Kier molecular flexibility index (Phi) is 66.8. The molecule has 22 heteroatoms. The molecule has 13 rings (SSSR count). The zero-order valence-corrected chi connectivity index (χ0v) is 73.6. The molecule has 0 radical (unpaired) electrons. The molecule has 0 aliphatic heterocycles. The molecule has 18 nitrogen and oxygen atoms in total. The van der Waals surface area contributed by atoms with Gasteiger partial charge in [-0.1, -0.05) is 223 Å². The van der Waals surface area contributed by atoms with E-state index in [2.05, 4.69) is 68.0 Å². The van der Waals surface area contributed by atoms with Crippen LogP contribution in [0.2, 0.25) is 21.0 Å². The number of benzene rings is 4. The van der Waals surface area contributed by atoms with Crippen molar-refractivity contribution < 1.29 is 14.3 Å². The largest absolute Gasteiger partial charge is 0.497 e. The number of nitrogens with one attached hydrogen (secondary N) is 1. The van der Waals surface area contributed by atoms with Crippen molar-refractivity contribution in [3.8, 4) is 80.7 Å². The van der Waals surface area contributed by atoms with Crippen LogP contribution in [-0.2, 0) is 0 Å². The molecule has 0 saturated carbocycles. The van der Waals surface area contributed by atoms with Crippen LogP contribution in [-0.4, -0.2) is 85.5 Å². The summed E-state index contributed by atoms with van der Waals surface area (Å²) >= 11 is 22.4. The number of anilines is 1. The van der Waals surface area contributed by atoms with Crippen molar-refractivity contribution in [2.75, 3.05) is 32.4 Å². The summed E-state index contributed by atoms with van der Waals surface area (Å²) in [6, 6.07) is 54.1. The first kappa shape index (κ1) is 106. The maximum absolute atomic E-state index is 5.98. The van der Waals surface area contributed by atoms with E-state index in [1.165, 1.54) is 22.1 Å². The molecule has 0 aliphatic carbocycles. The fourth-order valence-electron chi connectivity index (χ4n) is 7.98. The average molecular weight is 1590 g/mol. The van der Waals surface area contributed by atoms with Crippen LogP contribution in [0.15, 0.2) is 219 Å². The van der Waals surface area contributed by atoms with E-state index < -0.39 is 0 Å². The van der Waals surface area contributed by atoms with E-state index in [1.54, 1.807) is 64.4 Å². The highest BCUT2D eigenvalue weighted by molar-refractivity contribution is 6.31. The van der Waals surface area contributed by atoms with Gasteiger partial charge in [0.25, 0.3) is 0 Å². The van der Waals surface area contributed by atoms with Gasteiger partial charge >= 0.3 is 0 Å². The Morgan fingerprint density at radius 2 is 0.811 bits per heavy atom. The molecule has 0 unspecified atom stereocenters. The van der Waals surface area contributed by atoms with E-state index in [-0.39, 0.29) is 15.9 Å². The van der Waals surface area contributed by atoms with Gasteiger partial charge in [-0.2, -0.15) is 16.0 Å². The molecule has 9 heterocycles. The van der Waals surface area contributed by atoms with Crippen LogP contribution in [0.1, 0.15) is 180 Å². The smallest absolute Gasteiger partial charge is 0.230 e. The standard InChI is InChI=1S/C19H17N5O.C18H13ClN4O.C13H9ClN2.C9H8.C4H2Cl2N2.C4H6N3.11C2H6/c1-20-19-21-11-10-15(22-19)17-16-5-3-4-12-24(16)23-18(17)13-6-8-14(25-2)9-7-13;1-24-13-7-5-12(6-8-13)17-16(14-9-10-20-18(19)21-14)15-4-2-3-11-23(15)22-17;1-10-2-4-11(5-3-10)6-7-12-8-9-15-13(14)16-12;1-3-9-6-4-8(2)5-7-9;5-3-1-2-7-4(6)8-3;5-7-4-2-1-3-6-7;11*1-2/h3-12H,1-2H3,(H,20,21,22);2-11H,1H3;2-5,8-9H,1H3;1,4-7H,2H3;1-2H;1-4H,(H2,5,6);11*1-2H3/q;;;;;+1;;;;;;;;;;;. The Bertz CT molecular complexity index is 4490. The van der Waals surface area contributed by atoms with E-state index in [4.69, 9.17) is 78.3 Å². The number of aromatic nitrogens is 14. The Morgan fingerprint density at radius 1 is 0.414 bits per heavy atom. The second kappa shape index (κ2) is 69.6. The van der Waals surface area contributed by atoms with Crippen LogP contribution in [0.5, 0.6) is 11.5 Å². The molecule has 3 N–H and O–H groups in total. The number of fused-ring (bicyclic) bond motifs is 2. The molecule has 0 saturated heterocycles. The van der Waals surface area contributed by atoms with E-state index >= 15 is 0 Å². The molecule has 596 valence electrons. The van der Waals surface area contributed by atoms with Crippen molar-refractivity contribution in [1.82, 2.24) is 64.2 Å². The van der Waals surface area contributed by atoms with Crippen LogP contribution in [0, 0.1) is 38.0 Å². The number of halogens is 4. The van der Waals surface area contributed by atoms with Crippen molar-refractivity contribution in [1.29, 1.82) is 0 Å². The lowest BCUT2D eigenvalue weighted by atomic mass is 10.0. The summed E-state index contributed by atoms with van der Waals surface area (Å²) < 4.78 is 14.2. The molecular formula is C89H121Cl4N16O2+. The number of pyridine rings is 2. The van der Waals surface area contributed by atoms with E-state index in [0.717, 1.165) is 78.7 Å². The fraction of sp³-hybridized carbons (Fsp3) is 0.303. The Labute approximate surface area is 685 Å². The van der Waals surface area contributed by atoms with Gasteiger partial charge in [0, 0.05) is 82.4 Å². The maximum atomic E-state index is 5.98. The number of rotatable bonds is 7. The Balaban J connectivity index is -0.000000615. The third kappa shape index (κ3) is 40.4. The monoisotopic (exact) mass is 1590 g/mol. The van der Waals surface area contributed by atoms with Crippen LogP contribution < -0.4 is 25.4 Å². The second-order valence-electron chi connectivity index (χ2n) is 18.4. The average Bonchev–Trinajstić information content (AvgIpc) is 1.68. The number of ether oxygens (including phenoxy) is 2. The SMILES string of the molecule is C#Cc1ccc(C)cc1.CC.CC.CC.CC.CC.CC.CC.CC.CC.CC.CC.CNc1nccc(-c2c(-c3ccc(OC)cc3)nn3ccccc23)n1.COc1ccc(-c2nn3ccccc3c2-c2ccnc(Cl)n2)cc1.Cc1ccc(C#Cc2ccnc(Cl)n2)cc1.Clc1ccnc(Cl)n1.N[n+]1ccccn1. The minimum Gasteiger partial charge on any atom is -0.497 e. The number of nitrogens with two attached hydrogens (primary N) is 1. The highest BCUT2D eigenvalue weighted by Gasteiger charge is 2.20. The molecule has 111 heavy (non-hydrogen) atoms. The lowest BCUT2D eigenvalue weighted by Crippen LogP contribution is -2.47. The van der Waals surface area contributed by atoms with Crippen LogP contribution in [0.4, 0.5) is 5.95 Å². The lowest BCUT2D eigenvalue weighted by molar-refractivity contribution is -0.700. The number of hydrogen-bond donors (Lipinski definition) is 2. The molecule has 4 aromatic carbocycles. The molecule has 0 atom stereocenters. The lowest BCUT2D eigenvalue weighted by Gasteiger charge is -2.06. The van der Waals surface area contributed by atoms with Gasteiger partial charge in [0.1, 0.15) is 33.7 Å². The molecule has 0 aliphatic rings. The number of nitrogens with zero attached hydrogens (tertiary/aromatic N) is 14. The van der Waals surface area contributed by atoms with Crippen molar-refractivity contribution in [3.05, 3.63) is 268 Å². The van der Waals surface area contributed by atoms with Crippen molar-refractivity contribution in [3.63, 3.8) is 0 Å². The minimum atomic E-state index is 0.178. The molecule has 13 aromatic rings. The summed E-state index contributed by atoms with van der Waals surface area (Å²) in [4.78, 5) is 33.4. The highest BCUT2D eigenvalue weighted by Crippen LogP contribution is 2.36. The van der Waals surface area contributed by atoms with Gasteiger partial charge in [-0.25, -0.2) is 48.9 Å². The molecule has 0 spiro atoms. The van der Waals surface area contributed by atoms with Gasteiger partial charge in [-0.3, -0.25) is 0 Å². The van der Waals surface area contributed by atoms with Crippen molar-refractivity contribution in [2.24, 2.45) is 0 Å². The van der Waals surface area contributed by atoms with Crippen LogP contribution >= 0.6 is 46.4 Å². The van der Waals surface area contributed by atoms with E-state index in [1.807, 2.05) is 345 Å². The molecule has 0 fully saturated rings.